The van der Waals surface area contributed by atoms with E-state index in [0.29, 0.717) is 5.65 Å². The highest BCUT2D eigenvalue weighted by Gasteiger charge is 2.12. The van der Waals surface area contributed by atoms with Crippen LogP contribution in [-0.2, 0) is 17.9 Å². The predicted octanol–water partition coefficient (Wildman–Crippen LogP) is 2.06. The largest absolute Gasteiger partial charge is 0.292 e. The van der Waals surface area contributed by atoms with Gasteiger partial charge in [0.2, 0.25) is 11.9 Å². The lowest BCUT2D eigenvalue weighted by molar-refractivity contribution is -0.117. The second-order valence-corrected chi connectivity index (χ2v) is 6.32. The standard InChI is InChI=1S/C18H20N8O/c1-4-24-15(7-8-19-24)14-5-6-16-20-18(23-26(16)10-14)21-17(27)11-25-13(3)9-12(2)22-25/h5-10H,4,11H2,1-3H3,(H,21,23,27). The highest BCUT2D eigenvalue weighted by atomic mass is 16.2. The van der Waals surface area contributed by atoms with Crippen molar-refractivity contribution in [1.29, 1.82) is 0 Å². The van der Waals surface area contributed by atoms with Gasteiger partial charge in [-0.2, -0.15) is 15.2 Å². The van der Waals surface area contributed by atoms with E-state index in [9.17, 15) is 4.79 Å². The molecule has 0 bridgehead atoms. The maximum atomic E-state index is 12.3. The van der Waals surface area contributed by atoms with Crippen LogP contribution >= 0.6 is 0 Å². The van der Waals surface area contributed by atoms with Crippen LogP contribution in [0.4, 0.5) is 5.95 Å². The molecule has 0 saturated heterocycles. The summed E-state index contributed by atoms with van der Waals surface area (Å²) in [5, 5.41) is 15.7. The van der Waals surface area contributed by atoms with Crippen molar-refractivity contribution in [3.8, 4) is 11.3 Å². The quantitative estimate of drug-likeness (QED) is 0.585. The number of amides is 1. The number of aryl methyl sites for hydroxylation is 3. The summed E-state index contributed by atoms with van der Waals surface area (Å²) in [5.74, 6) is 0.0454. The van der Waals surface area contributed by atoms with Crippen LogP contribution in [-0.4, -0.2) is 40.1 Å². The molecule has 0 aliphatic heterocycles. The highest BCUT2D eigenvalue weighted by molar-refractivity contribution is 5.89. The van der Waals surface area contributed by atoms with Crippen molar-refractivity contribution < 1.29 is 4.79 Å². The van der Waals surface area contributed by atoms with Crippen molar-refractivity contribution in [2.45, 2.75) is 33.9 Å². The van der Waals surface area contributed by atoms with Crippen LogP contribution in [0.25, 0.3) is 16.9 Å². The Morgan fingerprint density at radius 3 is 2.74 bits per heavy atom. The molecule has 1 amide bonds. The van der Waals surface area contributed by atoms with Gasteiger partial charge in [0.15, 0.2) is 5.65 Å². The second-order valence-electron chi connectivity index (χ2n) is 6.32. The lowest BCUT2D eigenvalue weighted by Crippen LogP contribution is -2.21. The van der Waals surface area contributed by atoms with E-state index in [0.717, 1.165) is 29.2 Å². The molecule has 4 heterocycles. The van der Waals surface area contributed by atoms with Crippen molar-refractivity contribution in [2.24, 2.45) is 0 Å². The van der Waals surface area contributed by atoms with E-state index < -0.39 is 0 Å². The monoisotopic (exact) mass is 364 g/mol. The van der Waals surface area contributed by atoms with Gasteiger partial charge in [-0.3, -0.25) is 19.5 Å². The number of anilines is 1. The molecule has 4 rings (SSSR count). The molecule has 9 nitrogen and oxygen atoms in total. The molecule has 0 aliphatic carbocycles. The Hall–Kier alpha value is -3.49. The van der Waals surface area contributed by atoms with E-state index in [-0.39, 0.29) is 18.4 Å². The summed E-state index contributed by atoms with van der Waals surface area (Å²) in [6.07, 6.45) is 3.65. The number of aromatic nitrogens is 7. The van der Waals surface area contributed by atoms with Crippen LogP contribution in [0, 0.1) is 13.8 Å². The zero-order valence-electron chi connectivity index (χ0n) is 15.4. The van der Waals surface area contributed by atoms with E-state index in [4.69, 9.17) is 0 Å². The number of carbonyl (C=O) groups is 1. The maximum Gasteiger partial charge on any atom is 0.249 e. The second kappa shape index (κ2) is 6.67. The smallest absolute Gasteiger partial charge is 0.249 e. The van der Waals surface area contributed by atoms with Gasteiger partial charge in [0, 0.05) is 30.2 Å². The molecule has 0 unspecified atom stereocenters. The lowest BCUT2D eigenvalue weighted by Gasteiger charge is -2.04. The molecule has 4 aromatic heterocycles. The van der Waals surface area contributed by atoms with Crippen molar-refractivity contribution in [3.63, 3.8) is 0 Å². The van der Waals surface area contributed by atoms with Gasteiger partial charge in [0.25, 0.3) is 0 Å². The van der Waals surface area contributed by atoms with Crippen molar-refractivity contribution in [1.82, 2.24) is 34.2 Å². The molecule has 9 heteroatoms. The van der Waals surface area contributed by atoms with Gasteiger partial charge in [0.05, 0.1) is 11.4 Å². The third-order valence-corrected chi connectivity index (χ3v) is 4.29. The minimum Gasteiger partial charge on any atom is -0.292 e. The first kappa shape index (κ1) is 17.0. The lowest BCUT2D eigenvalue weighted by atomic mass is 10.2. The van der Waals surface area contributed by atoms with E-state index in [1.54, 1.807) is 15.4 Å². The normalized spacial score (nSPS) is 11.2. The molecule has 0 spiro atoms. The summed E-state index contributed by atoms with van der Waals surface area (Å²) in [6.45, 7) is 6.76. The van der Waals surface area contributed by atoms with Crippen LogP contribution in [0.2, 0.25) is 0 Å². The Labute approximate surface area is 155 Å². The fourth-order valence-electron chi connectivity index (χ4n) is 3.05. The zero-order valence-corrected chi connectivity index (χ0v) is 15.4. The summed E-state index contributed by atoms with van der Waals surface area (Å²) in [6, 6.07) is 7.72. The van der Waals surface area contributed by atoms with Gasteiger partial charge in [0.1, 0.15) is 6.54 Å². The molecule has 0 aromatic carbocycles. The fraction of sp³-hybridized carbons (Fsp3) is 0.278. The summed E-state index contributed by atoms with van der Waals surface area (Å²) in [4.78, 5) is 16.6. The number of nitrogens with zero attached hydrogens (tertiary/aromatic N) is 7. The third-order valence-electron chi connectivity index (χ3n) is 4.29. The summed E-state index contributed by atoms with van der Waals surface area (Å²) < 4.78 is 5.22. The minimum atomic E-state index is -0.221. The molecule has 4 aromatic rings. The van der Waals surface area contributed by atoms with Crippen LogP contribution in [0.15, 0.2) is 36.7 Å². The molecule has 138 valence electrons. The zero-order chi connectivity index (χ0) is 19.0. The average Bonchev–Trinajstić information content (AvgIpc) is 3.32. The molecule has 0 fully saturated rings. The van der Waals surface area contributed by atoms with Crippen molar-refractivity contribution in [2.75, 3.05) is 5.32 Å². The summed E-state index contributed by atoms with van der Waals surface area (Å²) in [5.41, 5.74) is 4.45. The highest BCUT2D eigenvalue weighted by Crippen LogP contribution is 2.19. The number of nitrogens with one attached hydrogen (secondary N) is 1. The van der Waals surface area contributed by atoms with Crippen LogP contribution in [0.3, 0.4) is 0 Å². The number of carbonyl (C=O) groups excluding carboxylic acids is 1. The number of hydrogen-bond donors (Lipinski definition) is 1. The first-order valence-corrected chi connectivity index (χ1v) is 8.73. The number of pyridine rings is 1. The Morgan fingerprint density at radius 2 is 2.00 bits per heavy atom. The van der Waals surface area contributed by atoms with Gasteiger partial charge in [-0.05, 0) is 45.0 Å². The molecule has 0 aliphatic rings. The van der Waals surface area contributed by atoms with E-state index >= 15 is 0 Å². The summed E-state index contributed by atoms with van der Waals surface area (Å²) in [7, 11) is 0. The topological polar surface area (TPSA) is 94.9 Å². The van der Waals surface area contributed by atoms with Gasteiger partial charge in [-0.1, -0.05) is 0 Å². The molecule has 0 atom stereocenters. The van der Waals surface area contributed by atoms with Gasteiger partial charge < -0.3 is 0 Å². The van der Waals surface area contributed by atoms with Gasteiger partial charge >= 0.3 is 0 Å². The molecule has 27 heavy (non-hydrogen) atoms. The van der Waals surface area contributed by atoms with E-state index in [1.807, 2.05) is 55.9 Å². The number of fused-ring (bicyclic) bond motifs is 1. The Kier molecular flexibility index (Phi) is 4.19. The van der Waals surface area contributed by atoms with Gasteiger partial charge in [-0.25, -0.2) is 4.52 Å². The fourth-order valence-corrected chi connectivity index (χ4v) is 3.05. The van der Waals surface area contributed by atoms with Crippen LogP contribution in [0.5, 0.6) is 0 Å². The average molecular weight is 364 g/mol. The first-order valence-electron chi connectivity index (χ1n) is 8.73. The SMILES string of the molecule is CCn1nccc1-c1ccc2nc(NC(=O)Cn3nc(C)cc3C)nn2c1. The maximum absolute atomic E-state index is 12.3. The molecule has 0 radical (unpaired) electrons. The Morgan fingerprint density at radius 1 is 1.15 bits per heavy atom. The van der Waals surface area contributed by atoms with E-state index in [2.05, 4.69) is 25.6 Å². The minimum absolute atomic E-state index is 0.121. The third kappa shape index (κ3) is 3.31. The van der Waals surface area contributed by atoms with Crippen molar-refractivity contribution in [3.05, 3.63) is 48.0 Å². The van der Waals surface area contributed by atoms with E-state index in [1.165, 1.54) is 0 Å². The molecular formula is C18H20N8O. The number of rotatable bonds is 5. The molecule has 0 saturated carbocycles. The van der Waals surface area contributed by atoms with Crippen molar-refractivity contribution >= 4 is 17.5 Å². The molecule has 1 N–H and O–H groups in total. The Bertz CT molecular complexity index is 1120. The first-order chi connectivity index (χ1) is 13.0. The van der Waals surface area contributed by atoms with Gasteiger partial charge in [-0.15, -0.1) is 5.10 Å². The predicted molar refractivity (Wildman–Crippen MR) is 100 cm³/mol. The summed E-state index contributed by atoms with van der Waals surface area (Å²) >= 11 is 0. The number of hydrogen-bond acceptors (Lipinski definition) is 5. The van der Waals surface area contributed by atoms with Crippen LogP contribution in [0.1, 0.15) is 18.3 Å². The Balaban J connectivity index is 1.55. The molecular weight excluding hydrogens is 344 g/mol. The van der Waals surface area contributed by atoms with Crippen LogP contribution < -0.4 is 5.32 Å².